The second-order valence-electron chi connectivity index (χ2n) is 5.76. The molecule has 21 heavy (non-hydrogen) atoms. The molecule has 1 rings (SSSR count). The van der Waals surface area contributed by atoms with Crippen molar-refractivity contribution in [2.24, 2.45) is 0 Å². The second kappa shape index (κ2) is 8.50. The maximum atomic E-state index is 6.38. The topological polar surface area (TPSA) is 30.5 Å². The van der Waals surface area contributed by atoms with Crippen molar-refractivity contribution in [1.29, 1.82) is 0 Å². The minimum Gasteiger partial charge on any atom is -0.490 e. The lowest BCUT2D eigenvalue weighted by molar-refractivity contribution is 0.276. The first-order valence-electron chi connectivity index (χ1n) is 7.76. The Bertz CT molecular complexity index is 447. The van der Waals surface area contributed by atoms with Crippen molar-refractivity contribution in [3.63, 3.8) is 0 Å². The zero-order valence-corrected chi connectivity index (χ0v) is 14.6. The summed E-state index contributed by atoms with van der Waals surface area (Å²) in [6, 6.07) is 3.84. The molecule has 1 aromatic rings. The lowest BCUT2D eigenvalue weighted by Crippen LogP contribution is -2.37. The summed E-state index contributed by atoms with van der Waals surface area (Å²) in [4.78, 5) is 0. The van der Waals surface area contributed by atoms with Gasteiger partial charge in [0.2, 0.25) is 0 Å². The van der Waals surface area contributed by atoms with Gasteiger partial charge in [0.25, 0.3) is 0 Å². The van der Waals surface area contributed by atoms with Crippen LogP contribution in [0.1, 0.15) is 53.0 Å². The van der Waals surface area contributed by atoms with Gasteiger partial charge in [0.15, 0.2) is 11.5 Å². The molecule has 0 fully saturated rings. The summed E-state index contributed by atoms with van der Waals surface area (Å²) in [5.74, 6) is 1.49. The van der Waals surface area contributed by atoms with E-state index in [9.17, 15) is 0 Å². The molecule has 0 bridgehead atoms. The average Bonchev–Trinajstić information content (AvgIpc) is 2.46. The van der Waals surface area contributed by atoms with E-state index in [2.05, 4.69) is 33.0 Å². The fraction of sp³-hybridized carbons (Fsp3) is 0.647. The predicted octanol–water partition coefficient (Wildman–Crippen LogP) is 4.81. The molecular weight excluding hydrogens is 286 g/mol. The van der Waals surface area contributed by atoms with E-state index in [-0.39, 0.29) is 5.54 Å². The van der Waals surface area contributed by atoms with Gasteiger partial charge in [0.05, 0.1) is 13.2 Å². The van der Waals surface area contributed by atoms with Crippen LogP contribution in [0.25, 0.3) is 0 Å². The van der Waals surface area contributed by atoms with E-state index in [0.29, 0.717) is 24.8 Å². The van der Waals surface area contributed by atoms with Crippen molar-refractivity contribution in [3.05, 3.63) is 22.7 Å². The summed E-state index contributed by atoms with van der Waals surface area (Å²) in [6.07, 6.45) is 2.01. The molecule has 0 aromatic heterocycles. The van der Waals surface area contributed by atoms with Gasteiger partial charge < -0.3 is 14.8 Å². The summed E-state index contributed by atoms with van der Waals surface area (Å²) >= 11 is 6.38. The molecule has 1 N–H and O–H groups in total. The Morgan fingerprint density at radius 1 is 1.10 bits per heavy atom. The van der Waals surface area contributed by atoms with Crippen LogP contribution in [-0.2, 0) is 6.54 Å². The van der Waals surface area contributed by atoms with Crippen LogP contribution < -0.4 is 14.8 Å². The van der Waals surface area contributed by atoms with E-state index in [4.69, 9.17) is 21.1 Å². The van der Waals surface area contributed by atoms with Crippen LogP contribution in [0.3, 0.4) is 0 Å². The minimum atomic E-state index is 0.0898. The molecule has 0 aliphatic heterocycles. The van der Waals surface area contributed by atoms with Crippen molar-refractivity contribution in [2.45, 2.75) is 59.5 Å². The van der Waals surface area contributed by atoms with Gasteiger partial charge in [-0.25, -0.2) is 0 Å². The molecule has 0 amide bonds. The molecule has 0 aliphatic rings. The SMILES string of the molecule is CCCOc1cc(Cl)c(CNC(C)(C)CC)cc1OCC. The average molecular weight is 314 g/mol. The molecule has 4 heteroatoms. The third-order valence-corrected chi connectivity index (χ3v) is 3.87. The molecule has 0 saturated heterocycles. The van der Waals surface area contributed by atoms with Gasteiger partial charge in [0, 0.05) is 23.2 Å². The van der Waals surface area contributed by atoms with Crippen LogP contribution in [0, 0.1) is 0 Å². The van der Waals surface area contributed by atoms with Gasteiger partial charge in [-0.05, 0) is 45.2 Å². The smallest absolute Gasteiger partial charge is 0.162 e. The summed E-state index contributed by atoms with van der Waals surface area (Å²) in [7, 11) is 0. The summed E-state index contributed by atoms with van der Waals surface area (Å²) in [5, 5.41) is 4.23. The first-order valence-corrected chi connectivity index (χ1v) is 8.14. The van der Waals surface area contributed by atoms with E-state index in [1.807, 2.05) is 19.1 Å². The van der Waals surface area contributed by atoms with Gasteiger partial charge in [0.1, 0.15) is 0 Å². The lowest BCUT2D eigenvalue weighted by Gasteiger charge is -2.25. The Hall–Kier alpha value is -0.930. The lowest BCUT2D eigenvalue weighted by atomic mass is 10.0. The fourth-order valence-electron chi connectivity index (χ4n) is 1.77. The minimum absolute atomic E-state index is 0.0898. The zero-order valence-electron chi connectivity index (χ0n) is 13.9. The quantitative estimate of drug-likeness (QED) is 0.710. The van der Waals surface area contributed by atoms with Crippen molar-refractivity contribution in [1.82, 2.24) is 5.32 Å². The number of halogens is 1. The highest BCUT2D eigenvalue weighted by Gasteiger charge is 2.16. The standard InChI is InChI=1S/C17H28ClNO2/c1-6-9-21-16-11-14(18)13(10-15(16)20-8-3)12-19-17(4,5)7-2/h10-11,19H,6-9,12H2,1-5H3. The van der Waals surface area contributed by atoms with Crippen LogP contribution in [-0.4, -0.2) is 18.8 Å². The van der Waals surface area contributed by atoms with Gasteiger partial charge in [-0.15, -0.1) is 0 Å². The van der Waals surface area contributed by atoms with Gasteiger partial charge in [-0.3, -0.25) is 0 Å². The fourth-order valence-corrected chi connectivity index (χ4v) is 1.99. The Morgan fingerprint density at radius 3 is 2.33 bits per heavy atom. The Balaban J connectivity index is 2.92. The maximum Gasteiger partial charge on any atom is 0.162 e. The third-order valence-electron chi connectivity index (χ3n) is 3.52. The Morgan fingerprint density at radius 2 is 1.76 bits per heavy atom. The number of rotatable bonds is 9. The molecule has 0 atom stereocenters. The van der Waals surface area contributed by atoms with Gasteiger partial charge in [-0.2, -0.15) is 0 Å². The maximum absolute atomic E-state index is 6.38. The number of benzene rings is 1. The highest BCUT2D eigenvalue weighted by atomic mass is 35.5. The number of hydrogen-bond acceptors (Lipinski definition) is 3. The number of nitrogens with one attached hydrogen (secondary N) is 1. The van der Waals surface area contributed by atoms with Crippen LogP contribution in [0.2, 0.25) is 5.02 Å². The molecule has 1 aromatic carbocycles. The van der Waals surface area contributed by atoms with Crippen molar-refractivity contribution in [3.8, 4) is 11.5 Å². The van der Waals surface area contributed by atoms with Crippen LogP contribution >= 0.6 is 11.6 Å². The van der Waals surface area contributed by atoms with Crippen molar-refractivity contribution >= 4 is 11.6 Å². The predicted molar refractivity (Wildman–Crippen MR) is 89.6 cm³/mol. The summed E-state index contributed by atoms with van der Waals surface area (Å²) in [5.41, 5.74) is 1.12. The molecule has 120 valence electrons. The monoisotopic (exact) mass is 313 g/mol. The molecule has 0 saturated carbocycles. The van der Waals surface area contributed by atoms with Crippen LogP contribution in [0.15, 0.2) is 12.1 Å². The third kappa shape index (κ3) is 5.76. The van der Waals surface area contributed by atoms with Gasteiger partial charge in [-0.1, -0.05) is 25.4 Å². The second-order valence-corrected chi connectivity index (χ2v) is 6.17. The molecule has 0 heterocycles. The van der Waals surface area contributed by atoms with Crippen molar-refractivity contribution < 1.29 is 9.47 Å². The van der Waals surface area contributed by atoms with E-state index >= 15 is 0 Å². The van der Waals surface area contributed by atoms with E-state index < -0.39 is 0 Å². The highest BCUT2D eigenvalue weighted by Crippen LogP contribution is 2.34. The molecule has 0 unspecified atom stereocenters. The number of ether oxygens (including phenoxy) is 2. The van der Waals surface area contributed by atoms with Crippen LogP contribution in [0.4, 0.5) is 0 Å². The molecule has 0 aliphatic carbocycles. The Kier molecular flexibility index (Phi) is 7.33. The largest absolute Gasteiger partial charge is 0.490 e. The number of hydrogen-bond donors (Lipinski definition) is 1. The Labute approximate surface area is 134 Å². The molecule has 0 radical (unpaired) electrons. The zero-order chi connectivity index (χ0) is 15.9. The van der Waals surface area contributed by atoms with Crippen LogP contribution in [0.5, 0.6) is 11.5 Å². The summed E-state index contributed by atoms with van der Waals surface area (Å²) in [6.45, 7) is 12.6. The normalized spacial score (nSPS) is 11.5. The van der Waals surface area contributed by atoms with E-state index in [1.54, 1.807) is 0 Å². The molecule has 0 spiro atoms. The first-order chi connectivity index (χ1) is 9.93. The highest BCUT2D eigenvalue weighted by molar-refractivity contribution is 6.31. The van der Waals surface area contributed by atoms with E-state index in [0.717, 1.165) is 29.9 Å². The van der Waals surface area contributed by atoms with Gasteiger partial charge >= 0.3 is 0 Å². The van der Waals surface area contributed by atoms with Crippen molar-refractivity contribution in [2.75, 3.05) is 13.2 Å². The first kappa shape index (κ1) is 18.1. The van der Waals surface area contributed by atoms with E-state index in [1.165, 1.54) is 0 Å². The summed E-state index contributed by atoms with van der Waals surface area (Å²) < 4.78 is 11.4. The molecular formula is C17H28ClNO2. The molecule has 3 nitrogen and oxygen atoms in total.